The highest BCUT2D eigenvalue weighted by Crippen LogP contribution is 2.21. The molecule has 2 heteroatoms. The van der Waals surface area contributed by atoms with Crippen LogP contribution in [-0.4, -0.2) is 38.1 Å². The van der Waals surface area contributed by atoms with Crippen molar-refractivity contribution in [1.82, 2.24) is 4.90 Å². The van der Waals surface area contributed by atoms with Crippen LogP contribution in [0.3, 0.4) is 0 Å². The van der Waals surface area contributed by atoms with Crippen molar-refractivity contribution in [2.75, 3.05) is 32.1 Å². The minimum Gasteiger partial charge on any atom is -0.372 e. The molecule has 0 N–H and O–H groups in total. The van der Waals surface area contributed by atoms with Crippen LogP contribution in [0.2, 0.25) is 0 Å². The molecular formula is C14H22N2. The Morgan fingerprint density at radius 2 is 1.69 bits per heavy atom. The minimum absolute atomic E-state index is 0.707. The first-order chi connectivity index (χ1) is 7.66. The van der Waals surface area contributed by atoms with Gasteiger partial charge in [0.15, 0.2) is 0 Å². The van der Waals surface area contributed by atoms with Crippen molar-refractivity contribution in [1.29, 1.82) is 0 Å². The zero-order valence-electron chi connectivity index (χ0n) is 10.6. The number of anilines is 1. The molecule has 2 rings (SSSR count). The third-order valence-corrected chi connectivity index (χ3v) is 3.68. The SMILES string of the molecule is Cc1ccc(N(C)C2CCN(C)CC2)cc1. The zero-order chi connectivity index (χ0) is 11.5. The Balaban J connectivity index is 2.01. The van der Waals surface area contributed by atoms with Gasteiger partial charge in [0, 0.05) is 18.8 Å². The summed E-state index contributed by atoms with van der Waals surface area (Å²) in [6, 6.07) is 9.56. The lowest BCUT2D eigenvalue weighted by molar-refractivity contribution is 0.253. The molecular weight excluding hydrogens is 196 g/mol. The van der Waals surface area contributed by atoms with Gasteiger partial charge in [-0.25, -0.2) is 0 Å². The molecule has 1 heterocycles. The van der Waals surface area contributed by atoms with E-state index in [9.17, 15) is 0 Å². The van der Waals surface area contributed by atoms with E-state index in [1.165, 1.54) is 37.2 Å². The summed E-state index contributed by atoms with van der Waals surface area (Å²) in [5.41, 5.74) is 2.68. The molecule has 1 aromatic carbocycles. The Hall–Kier alpha value is -1.02. The predicted molar refractivity (Wildman–Crippen MR) is 70.1 cm³/mol. The summed E-state index contributed by atoms with van der Waals surface area (Å²) >= 11 is 0. The van der Waals surface area contributed by atoms with Crippen LogP contribution < -0.4 is 4.90 Å². The summed E-state index contributed by atoms with van der Waals surface area (Å²) in [5, 5.41) is 0. The van der Waals surface area contributed by atoms with E-state index in [-0.39, 0.29) is 0 Å². The van der Waals surface area contributed by atoms with Crippen LogP contribution in [0.25, 0.3) is 0 Å². The molecule has 0 atom stereocenters. The highest BCUT2D eigenvalue weighted by molar-refractivity contribution is 5.47. The third-order valence-electron chi connectivity index (χ3n) is 3.68. The Labute approximate surface area is 98.9 Å². The summed E-state index contributed by atoms with van der Waals surface area (Å²) in [7, 11) is 4.43. The van der Waals surface area contributed by atoms with Crippen molar-refractivity contribution in [3.05, 3.63) is 29.8 Å². The molecule has 1 fully saturated rings. The number of aryl methyl sites for hydroxylation is 1. The predicted octanol–water partition coefficient (Wildman–Crippen LogP) is 2.53. The van der Waals surface area contributed by atoms with Gasteiger partial charge in [0.25, 0.3) is 0 Å². The van der Waals surface area contributed by atoms with Crippen molar-refractivity contribution in [3.8, 4) is 0 Å². The third kappa shape index (κ3) is 2.56. The van der Waals surface area contributed by atoms with Crippen LogP contribution in [0, 0.1) is 6.92 Å². The number of hydrogen-bond acceptors (Lipinski definition) is 2. The fourth-order valence-corrected chi connectivity index (χ4v) is 2.37. The van der Waals surface area contributed by atoms with Gasteiger partial charge < -0.3 is 9.80 Å². The molecule has 1 saturated heterocycles. The molecule has 1 aliphatic heterocycles. The molecule has 1 aromatic rings. The van der Waals surface area contributed by atoms with Gasteiger partial charge in [-0.1, -0.05) is 17.7 Å². The smallest absolute Gasteiger partial charge is 0.0366 e. The summed E-state index contributed by atoms with van der Waals surface area (Å²) in [4.78, 5) is 4.85. The molecule has 0 amide bonds. The van der Waals surface area contributed by atoms with Crippen molar-refractivity contribution in [3.63, 3.8) is 0 Å². The highest BCUT2D eigenvalue weighted by atomic mass is 15.2. The molecule has 0 radical (unpaired) electrons. The van der Waals surface area contributed by atoms with Crippen molar-refractivity contribution in [2.24, 2.45) is 0 Å². The summed E-state index contributed by atoms with van der Waals surface area (Å²) < 4.78 is 0. The maximum absolute atomic E-state index is 2.44. The lowest BCUT2D eigenvalue weighted by Crippen LogP contribution is -2.41. The zero-order valence-corrected chi connectivity index (χ0v) is 10.6. The van der Waals surface area contributed by atoms with Crippen LogP contribution in [0.1, 0.15) is 18.4 Å². The molecule has 0 unspecified atom stereocenters. The molecule has 0 bridgehead atoms. The fraction of sp³-hybridized carbons (Fsp3) is 0.571. The van der Waals surface area contributed by atoms with Gasteiger partial charge in [-0.15, -0.1) is 0 Å². The summed E-state index contributed by atoms with van der Waals surface area (Å²) in [6.07, 6.45) is 2.56. The van der Waals surface area contributed by atoms with E-state index in [1.807, 2.05) is 0 Å². The Morgan fingerprint density at radius 1 is 1.12 bits per heavy atom. The van der Waals surface area contributed by atoms with Crippen LogP contribution in [-0.2, 0) is 0 Å². The summed E-state index contributed by atoms with van der Waals surface area (Å²) in [6.45, 7) is 4.58. The van der Waals surface area contributed by atoms with Gasteiger partial charge >= 0.3 is 0 Å². The number of rotatable bonds is 2. The number of hydrogen-bond donors (Lipinski definition) is 0. The average Bonchev–Trinajstić information content (AvgIpc) is 2.30. The Morgan fingerprint density at radius 3 is 2.25 bits per heavy atom. The first kappa shape index (κ1) is 11.5. The van der Waals surface area contributed by atoms with Crippen molar-refractivity contribution in [2.45, 2.75) is 25.8 Å². The second-order valence-electron chi connectivity index (χ2n) is 4.98. The monoisotopic (exact) mass is 218 g/mol. The van der Waals surface area contributed by atoms with Gasteiger partial charge in [-0.3, -0.25) is 0 Å². The molecule has 0 spiro atoms. The molecule has 0 aromatic heterocycles. The van der Waals surface area contributed by atoms with Crippen LogP contribution >= 0.6 is 0 Å². The highest BCUT2D eigenvalue weighted by Gasteiger charge is 2.20. The lowest BCUT2D eigenvalue weighted by Gasteiger charge is -2.36. The topological polar surface area (TPSA) is 6.48 Å². The van der Waals surface area contributed by atoms with Crippen molar-refractivity contribution < 1.29 is 0 Å². The van der Waals surface area contributed by atoms with Crippen LogP contribution in [0.4, 0.5) is 5.69 Å². The average molecular weight is 218 g/mol. The molecule has 16 heavy (non-hydrogen) atoms. The van der Waals surface area contributed by atoms with Gasteiger partial charge in [0.05, 0.1) is 0 Å². The Bertz CT molecular complexity index is 323. The number of nitrogens with zero attached hydrogens (tertiary/aromatic N) is 2. The second-order valence-corrected chi connectivity index (χ2v) is 4.98. The van der Waals surface area contributed by atoms with Gasteiger partial charge in [-0.05, 0) is 52.0 Å². The second kappa shape index (κ2) is 4.88. The number of piperidine rings is 1. The quantitative estimate of drug-likeness (QED) is 0.752. The van der Waals surface area contributed by atoms with E-state index >= 15 is 0 Å². The molecule has 0 aliphatic carbocycles. The largest absolute Gasteiger partial charge is 0.372 e. The maximum Gasteiger partial charge on any atom is 0.0366 e. The minimum atomic E-state index is 0.707. The first-order valence-electron chi connectivity index (χ1n) is 6.15. The number of likely N-dealkylation sites (tertiary alicyclic amines) is 1. The molecule has 88 valence electrons. The molecule has 0 saturated carbocycles. The van der Waals surface area contributed by atoms with E-state index in [4.69, 9.17) is 0 Å². The first-order valence-corrected chi connectivity index (χ1v) is 6.15. The standard InChI is InChI=1S/C14H22N2/c1-12-4-6-13(7-5-12)16(3)14-8-10-15(2)11-9-14/h4-7,14H,8-11H2,1-3H3. The van der Waals surface area contributed by atoms with E-state index in [1.54, 1.807) is 0 Å². The maximum atomic E-state index is 2.44. The van der Waals surface area contributed by atoms with Crippen LogP contribution in [0.15, 0.2) is 24.3 Å². The molecule has 2 nitrogen and oxygen atoms in total. The number of benzene rings is 1. The van der Waals surface area contributed by atoms with E-state index in [2.05, 4.69) is 55.1 Å². The van der Waals surface area contributed by atoms with E-state index in [0.717, 1.165) is 0 Å². The summed E-state index contributed by atoms with van der Waals surface area (Å²) in [5.74, 6) is 0. The van der Waals surface area contributed by atoms with Gasteiger partial charge in [-0.2, -0.15) is 0 Å². The van der Waals surface area contributed by atoms with Gasteiger partial charge in [0.1, 0.15) is 0 Å². The Kier molecular flexibility index (Phi) is 3.49. The van der Waals surface area contributed by atoms with Crippen molar-refractivity contribution >= 4 is 5.69 Å². The lowest BCUT2D eigenvalue weighted by atomic mass is 10.0. The van der Waals surface area contributed by atoms with Gasteiger partial charge in [0.2, 0.25) is 0 Å². The molecule has 1 aliphatic rings. The van der Waals surface area contributed by atoms with Crippen LogP contribution in [0.5, 0.6) is 0 Å². The van der Waals surface area contributed by atoms with E-state index < -0.39 is 0 Å². The van der Waals surface area contributed by atoms with E-state index in [0.29, 0.717) is 6.04 Å². The normalized spacial score (nSPS) is 18.7. The fourth-order valence-electron chi connectivity index (χ4n) is 2.37.